The highest BCUT2D eigenvalue weighted by Gasteiger charge is 2.42. The molecule has 1 saturated carbocycles. The van der Waals surface area contributed by atoms with E-state index in [1.165, 1.54) is 24.8 Å². The third kappa shape index (κ3) is 3.66. The zero-order chi connectivity index (χ0) is 15.4. The van der Waals surface area contributed by atoms with Gasteiger partial charge in [-0.25, -0.2) is 0 Å². The van der Waals surface area contributed by atoms with E-state index >= 15 is 0 Å². The van der Waals surface area contributed by atoms with Crippen molar-refractivity contribution in [1.82, 2.24) is 10.2 Å². The van der Waals surface area contributed by atoms with Crippen molar-refractivity contribution in [2.45, 2.75) is 71.4 Å². The molecule has 0 radical (unpaired) electrons. The van der Waals surface area contributed by atoms with Gasteiger partial charge in [0, 0.05) is 6.54 Å². The molecule has 2 amide bonds. The Bertz CT molecular complexity index is 421. The number of piperazine rings is 1. The Labute approximate surface area is 128 Å². The van der Waals surface area contributed by atoms with E-state index < -0.39 is 0 Å². The summed E-state index contributed by atoms with van der Waals surface area (Å²) >= 11 is 0. The molecule has 4 heteroatoms. The largest absolute Gasteiger partial charge is 0.342 e. The Kier molecular flexibility index (Phi) is 5.43. The summed E-state index contributed by atoms with van der Waals surface area (Å²) in [6.07, 6.45) is 8.44. The summed E-state index contributed by atoms with van der Waals surface area (Å²) in [7, 11) is 0. The average Bonchev–Trinajstić information content (AvgIpc) is 2.48. The van der Waals surface area contributed by atoms with Gasteiger partial charge < -0.3 is 10.2 Å². The van der Waals surface area contributed by atoms with E-state index in [0.29, 0.717) is 18.9 Å². The van der Waals surface area contributed by atoms with Crippen LogP contribution in [0, 0.1) is 5.92 Å². The highest BCUT2D eigenvalue weighted by molar-refractivity contribution is 5.97. The lowest BCUT2D eigenvalue weighted by Gasteiger charge is -2.41. The van der Waals surface area contributed by atoms with Crippen molar-refractivity contribution in [2.75, 3.05) is 6.54 Å². The molecule has 2 fully saturated rings. The molecule has 1 saturated heterocycles. The molecule has 0 aromatic rings. The minimum atomic E-state index is -0.312. The number of amides is 2. The Hall–Kier alpha value is -1.32. The molecule has 2 aliphatic rings. The van der Waals surface area contributed by atoms with Crippen molar-refractivity contribution in [3.63, 3.8) is 0 Å². The fraction of sp³-hybridized carbons (Fsp3) is 0.765. The fourth-order valence-corrected chi connectivity index (χ4v) is 3.48. The number of allylic oxidation sites excluding steroid dienone is 1. The van der Waals surface area contributed by atoms with Crippen LogP contribution in [-0.2, 0) is 9.59 Å². The average molecular weight is 292 g/mol. The molecule has 2 atom stereocenters. The first-order valence-electron chi connectivity index (χ1n) is 8.28. The lowest BCUT2D eigenvalue weighted by Crippen LogP contribution is -2.65. The summed E-state index contributed by atoms with van der Waals surface area (Å²) in [5, 5.41) is 3.00. The van der Waals surface area contributed by atoms with Crippen LogP contribution in [0.15, 0.2) is 11.6 Å². The quantitative estimate of drug-likeness (QED) is 0.810. The van der Waals surface area contributed by atoms with Gasteiger partial charge in [-0.05, 0) is 39.0 Å². The lowest BCUT2D eigenvalue weighted by atomic mass is 9.82. The monoisotopic (exact) mass is 292 g/mol. The Balaban J connectivity index is 2.16. The van der Waals surface area contributed by atoms with Crippen LogP contribution in [0.3, 0.4) is 0 Å². The number of carbonyl (C=O) groups excluding carboxylic acids is 2. The van der Waals surface area contributed by atoms with E-state index in [9.17, 15) is 9.59 Å². The molecule has 4 nitrogen and oxygen atoms in total. The van der Waals surface area contributed by atoms with E-state index in [2.05, 4.69) is 5.32 Å². The molecule has 118 valence electrons. The summed E-state index contributed by atoms with van der Waals surface area (Å²) in [5.41, 5.74) is 1.18. The predicted molar refractivity (Wildman–Crippen MR) is 83.7 cm³/mol. The minimum absolute atomic E-state index is 0.0230. The molecular formula is C17H28N2O2. The van der Waals surface area contributed by atoms with Crippen molar-refractivity contribution in [3.05, 3.63) is 11.6 Å². The van der Waals surface area contributed by atoms with Crippen LogP contribution in [0.25, 0.3) is 0 Å². The second-order valence-corrected chi connectivity index (χ2v) is 6.58. The van der Waals surface area contributed by atoms with Crippen molar-refractivity contribution in [3.8, 4) is 0 Å². The van der Waals surface area contributed by atoms with E-state index in [1.807, 2.05) is 26.8 Å². The number of carbonyl (C=O) groups is 2. The maximum atomic E-state index is 12.8. The van der Waals surface area contributed by atoms with Gasteiger partial charge in [-0.2, -0.15) is 0 Å². The molecule has 1 heterocycles. The van der Waals surface area contributed by atoms with Crippen LogP contribution in [0.4, 0.5) is 0 Å². The fourth-order valence-electron chi connectivity index (χ4n) is 3.48. The van der Waals surface area contributed by atoms with Gasteiger partial charge in [-0.1, -0.05) is 37.8 Å². The summed E-state index contributed by atoms with van der Waals surface area (Å²) in [6.45, 7) is 6.56. The van der Waals surface area contributed by atoms with Gasteiger partial charge in [-0.15, -0.1) is 0 Å². The van der Waals surface area contributed by atoms with E-state index in [0.717, 1.165) is 12.8 Å². The zero-order valence-corrected chi connectivity index (χ0v) is 13.5. The van der Waals surface area contributed by atoms with Crippen LogP contribution < -0.4 is 5.32 Å². The van der Waals surface area contributed by atoms with Crippen LogP contribution in [0.5, 0.6) is 0 Å². The Morgan fingerprint density at radius 3 is 2.48 bits per heavy atom. The van der Waals surface area contributed by atoms with Gasteiger partial charge in [0.1, 0.15) is 12.1 Å². The topological polar surface area (TPSA) is 49.4 Å². The first-order chi connectivity index (χ1) is 10.0. The van der Waals surface area contributed by atoms with Gasteiger partial charge in [0.25, 0.3) is 0 Å². The van der Waals surface area contributed by atoms with Gasteiger partial charge in [0.2, 0.25) is 11.8 Å². The predicted octanol–water partition coefficient (Wildman–Crippen LogP) is 2.64. The smallest absolute Gasteiger partial charge is 0.246 e. The maximum Gasteiger partial charge on any atom is 0.246 e. The number of nitrogens with zero attached hydrogens (tertiary/aromatic N) is 1. The number of hydrogen-bond donors (Lipinski definition) is 1. The number of nitrogens with one attached hydrogen (secondary N) is 1. The van der Waals surface area contributed by atoms with Crippen LogP contribution in [-0.4, -0.2) is 35.3 Å². The summed E-state index contributed by atoms with van der Waals surface area (Å²) in [5.74, 6) is 0.461. The van der Waals surface area contributed by atoms with Crippen molar-refractivity contribution in [2.24, 2.45) is 5.92 Å². The highest BCUT2D eigenvalue weighted by Crippen LogP contribution is 2.29. The summed E-state index contributed by atoms with van der Waals surface area (Å²) in [6, 6.07) is -0.612. The standard InChI is InChI=1S/C17H28N2O2/c1-4-14-16(20)18-15(13-8-6-5-7-9-13)17(21)19(14)11-10-12(2)3/h10,13-15H,4-9,11H2,1-3H3,(H,18,20). The van der Waals surface area contributed by atoms with E-state index in [-0.39, 0.29) is 23.9 Å². The van der Waals surface area contributed by atoms with Crippen LogP contribution in [0.2, 0.25) is 0 Å². The SMILES string of the molecule is CCC1C(=O)NC(C2CCCCC2)C(=O)N1CC=C(C)C. The molecule has 1 aliphatic heterocycles. The molecule has 0 aromatic carbocycles. The molecule has 1 N–H and O–H groups in total. The summed E-state index contributed by atoms with van der Waals surface area (Å²) in [4.78, 5) is 27.0. The third-order valence-corrected chi connectivity index (χ3v) is 4.73. The second kappa shape index (κ2) is 7.10. The first kappa shape index (κ1) is 16.1. The van der Waals surface area contributed by atoms with Gasteiger partial charge >= 0.3 is 0 Å². The van der Waals surface area contributed by atoms with Crippen LogP contribution >= 0.6 is 0 Å². The maximum absolute atomic E-state index is 12.8. The number of hydrogen-bond acceptors (Lipinski definition) is 2. The van der Waals surface area contributed by atoms with Gasteiger partial charge in [0.15, 0.2) is 0 Å². The molecule has 0 bridgehead atoms. The van der Waals surface area contributed by atoms with Crippen molar-refractivity contribution < 1.29 is 9.59 Å². The number of rotatable bonds is 4. The molecule has 21 heavy (non-hydrogen) atoms. The molecule has 2 rings (SSSR count). The molecule has 0 aromatic heterocycles. The molecule has 2 unspecified atom stereocenters. The van der Waals surface area contributed by atoms with Crippen LogP contribution in [0.1, 0.15) is 59.3 Å². The second-order valence-electron chi connectivity index (χ2n) is 6.58. The lowest BCUT2D eigenvalue weighted by molar-refractivity contribution is -0.150. The van der Waals surface area contributed by atoms with Crippen molar-refractivity contribution >= 4 is 11.8 Å². The Morgan fingerprint density at radius 2 is 1.90 bits per heavy atom. The van der Waals surface area contributed by atoms with Gasteiger partial charge in [-0.3, -0.25) is 9.59 Å². The molecule has 0 spiro atoms. The molecule has 1 aliphatic carbocycles. The first-order valence-corrected chi connectivity index (χ1v) is 8.28. The third-order valence-electron chi connectivity index (χ3n) is 4.73. The summed E-state index contributed by atoms with van der Waals surface area (Å²) < 4.78 is 0. The van der Waals surface area contributed by atoms with E-state index in [1.54, 1.807) is 4.90 Å². The van der Waals surface area contributed by atoms with E-state index in [4.69, 9.17) is 0 Å². The van der Waals surface area contributed by atoms with Crippen molar-refractivity contribution in [1.29, 1.82) is 0 Å². The van der Waals surface area contributed by atoms with Gasteiger partial charge in [0.05, 0.1) is 0 Å². The Morgan fingerprint density at radius 1 is 1.24 bits per heavy atom. The highest BCUT2D eigenvalue weighted by atomic mass is 16.2. The molecular weight excluding hydrogens is 264 g/mol. The zero-order valence-electron chi connectivity index (χ0n) is 13.5. The minimum Gasteiger partial charge on any atom is -0.342 e. The normalized spacial score (nSPS) is 27.5.